The molecule has 2 unspecified atom stereocenters. The SMILES string of the molecule is CC(NCC1CCOCO1)c1ccco1. The molecule has 4 nitrogen and oxygen atoms in total. The standard InChI is InChI=1S/C11H17NO3/c1-9(11-3-2-5-14-11)12-7-10-4-6-13-8-15-10/h2-3,5,9-10,12H,4,6-8H2,1H3. The third kappa shape index (κ3) is 3.06. The van der Waals surface area contributed by atoms with Crippen molar-refractivity contribution < 1.29 is 13.9 Å². The van der Waals surface area contributed by atoms with Crippen LogP contribution in [-0.4, -0.2) is 26.0 Å². The molecule has 1 aliphatic heterocycles. The molecule has 0 saturated carbocycles. The molecular formula is C11H17NO3. The summed E-state index contributed by atoms with van der Waals surface area (Å²) < 4.78 is 15.8. The Morgan fingerprint density at radius 2 is 2.53 bits per heavy atom. The van der Waals surface area contributed by atoms with Crippen LogP contribution in [0.1, 0.15) is 25.1 Å². The molecule has 1 N–H and O–H groups in total. The first-order chi connectivity index (χ1) is 7.36. The summed E-state index contributed by atoms with van der Waals surface area (Å²) in [5.41, 5.74) is 0. The van der Waals surface area contributed by atoms with E-state index in [2.05, 4.69) is 12.2 Å². The molecule has 0 bridgehead atoms. The molecule has 4 heteroatoms. The Kier molecular flexibility index (Phi) is 3.77. The summed E-state index contributed by atoms with van der Waals surface area (Å²) in [4.78, 5) is 0. The van der Waals surface area contributed by atoms with Gasteiger partial charge in [0.15, 0.2) is 0 Å². The Morgan fingerprint density at radius 1 is 1.60 bits per heavy atom. The average Bonchev–Trinajstić information content (AvgIpc) is 2.81. The van der Waals surface area contributed by atoms with E-state index in [1.807, 2.05) is 12.1 Å². The molecule has 1 aromatic heterocycles. The number of rotatable bonds is 4. The minimum absolute atomic E-state index is 0.228. The van der Waals surface area contributed by atoms with Crippen LogP contribution >= 0.6 is 0 Å². The molecule has 0 spiro atoms. The maximum Gasteiger partial charge on any atom is 0.147 e. The number of hydrogen-bond donors (Lipinski definition) is 1. The summed E-state index contributed by atoms with van der Waals surface area (Å²) in [7, 11) is 0. The van der Waals surface area contributed by atoms with E-state index in [-0.39, 0.29) is 12.1 Å². The van der Waals surface area contributed by atoms with E-state index >= 15 is 0 Å². The fourth-order valence-corrected chi connectivity index (χ4v) is 1.61. The first-order valence-corrected chi connectivity index (χ1v) is 5.32. The van der Waals surface area contributed by atoms with Crippen molar-refractivity contribution in [1.29, 1.82) is 0 Å². The molecule has 0 radical (unpaired) electrons. The largest absolute Gasteiger partial charge is 0.468 e. The third-order valence-corrected chi connectivity index (χ3v) is 2.59. The smallest absolute Gasteiger partial charge is 0.147 e. The van der Waals surface area contributed by atoms with E-state index in [4.69, 9.17) is 13.9 Å². The Bertz CT molecular complexity index is 267. The van der Waals surface area contributed by atoms with Gasteiger partial charge in [-0.1, -0.05) is 0 Å². The maximum absolute atomic E-state index is 5.43. The summed E-state index contributed by atoms with van der Waals surface area (Å²) in [6.45, 7) is 4.13. The van der Waals surface area contributed by atoms with Gasteiger partial charge < -0.3 is 19.2 Å². The molecule has 1 aromatic rings. The molecule has 2 heterocycles. The van der Waals surface area contributed by atoms with Gasteiger partial charge in [0, 0.05) is 6.54 Å². The second-order valence-electron chi connectivity index (χ2n) is 3.75. The number of ether oxygens (including phenoxy) is 2. The normalized spacial score (nSPS) is 23.9. The zero-order valence-electron chi connectivity index (χ0n) is 8.94. The summed E-state index contributed by atoms with van der Waals surface area (Å²) in [6.07, 6.45) is 2.91. The van der Waals surface area contributed by atoms with E-state index in [1.165, 1.54) is 0 Å². The third-order valence-electron chi connectivity index (χ3n) is 2.59. The average molecular weight is 211 g/mol. The summed E-state index contributed by atoms with van der Waals surface area (Å²) >= 11 is 0. The minimum Gasteiger partial charge on any atom is -0.468 e. The lowest BCUT2D eigenvalue weighted by molar-refractivity contribution is -0.137. The summed E-state index contributed by atoms with van der Waals surface area (Å²) in [6, 6.07) is 4.10. The minimum atomic E-state index is 0.228. The van der Waals surface area contributed by atoms with Crippen molar-refractivity contribution >= 4 is 0 Å². The van der Waals surface area contributed by atoms with Crippen LogP contribution in [0.2, 0.25) is 0 Å². The molecule has 0 aliphatic carbocycles. The van der Waals surface area contributed by atoms with Crippen molar-refractivity contribution in [2.24, 2.45) is 0 Å². The van der Waals surface area contributed by atoms with E-state index in [0.717, 1.165) is 25.3 Å². The highest BCUT2D eigenvalue weighted by Gasteiger charge is 2.15. The van der Waals surface area contributed by atoms with Gasteiger partial charge in [0.1, 0.15) is 12.6 Å². The zero-order valence-corrected chi connectivity index (χ0v) is 8.94. The van der Waals surface area contributed by atoms with Crippen LogP contribution in [0.4, 0.5) is 0 Å². The van der Waals surface area contributed by atoms with Gasteiger partial charge in [-0.05, 0) is 25.5 Å². The zero-order chi connectivity index (χ0) is 10.5. The molecule has 15 heavy (non-hydrogen) atoms. The second-order valence-corrected chi connectivity index (χ2v) is 3.75. The summed E-state index contributed by atoms with van der Waals surface area (Å²) in [5.74, 6) is 0.960. The lowest BCUT2D eigenvalue weighted by Crippen LogP contribution is -2.35. The highest BCUT2D eigenvalue weighted by Crippen LogP contribution is 2.13. The van der Waals surface area contributed by atoms with E-state index in [0.29, 0.717) is 6.79 Å². The topological polar surface area (TPSA) is 43.6 Å². The highest BCUT2D eigenvalue weighted by molar-refractivity contribution is 5.02. The number of nitrogens with one attached hydrogen (secondary N) is 1. The molecule has 0 amide bonds. The van der Waals surface area contributed by atoms with Gasteiger partial charge >= 0.3 is 0 Å². The van der Waals surface area contributed by atoms with Crippen LogP contribution in [0.3, 0.4) is 0 Å². The molecule has 1 fully saturated rings. The van der Waals surface area contributed by atoms with E-state index in [9.17, 15) is 0 Å². The van der Waals surface area contributed by atoms with Crippen molar-refractivity contribution in [3.63, 3.8) is 0 Å². The van der Waals surface area contributed by atoms with Crippen molar-refractivity contribution in [2.75, 3.05) is 19.9 Å². The molecule has 84 valence electrons. The predicted molar refractivity (Wildman–Crippen MR) is 55.4 cm³/mol. The van der Waals surface area contributed by atoms with Gasteiger partial charge in [-0.15, -0.1) is 0 Å². The summed E-state index contributed by atoms with van der Waals surface area (Å²) in [5, 5.41) is 3.38. The Morgan fingerprint density at radius 3 is 3.20 bits per heavy atom. The monoisotopic (exact) mass is 211 g/mol. The highest BCUT2D eigenvalue weighted by atomic mass is 16.7. The van der Waals surface area contributed by atoms with Gasteiger partial charge in [0.2, 0.25) is 0 Å². The fourth-order valence-electron chi connectivity index (χ4n) is 1.61. The van der Waals surface area contributed by atoms with Crippen LogP contribution in [0.25, 0.3) is 0 Å². The van der Waals surface area contributed by atoms with Crippen molar-refractivity contribution in [1.82, 2.24) is 5.32 Å². The van der Waals surface area contributed by atoms with Crippen LogP contribution in [-0.2, 0) is 9.47 Å². The van der Waals surface area contributed by atoms with Gasteiger partial charge in [0.25, 0.3) is 0 Å². The lowest BCUT2D eigenvalue weighted by Gasteiger charge is -2.24. The first-order valence-electron chi connectivity index (χ1n) is 5.32. The van der Waals surface area contributed by atoms with Crippen LogP contribution < -0.4 is 5.32 Å². The van der Waals surface area contributed by atoms with E-state index < -0.39 is 0 Å². The van der Waals surface area contributed by atoms with Crippen molar-refractivity contribution in [3.8, 4) is 0 Å². The van der Waals surface area contributed by atoms with Gasteiger partial charge in [-0.25, -0.2) is 0 Å². The molecule has 2 atom stereocenters. The van der Waals surface area contributed by atoms with Crippen molar-refractivity contribution in [2.45, 2.75) is 25.5 Å². The molecule has 2 rings (SSSR count). The van der Waals surface area contributed by atoms with Gasteiger partial charge in [-0.3, -0.25) is 0 Å². The molecule has 1 aliphatic rings. The Balaban J connectivity index is 1.73. The van der Waals surface area contributed by atoms with Crippen LogP contribution in [0, 0.1) is 0 Å². The van der Waals surface area contributed by atoms with Gasteiger partial charge in [0.05, 0.1) is 25.0 Å². The predicted octanol–water partition coefficient (Wildman–Crippen LogP) is 1.69. The Hall–Kier alpha value is -0.840. The molecular weight excluding hydrogens is 194 g/mol. The maximum atomic E-state index is 5.43. The quantitative estimate of drug-likeness (QED) is 0.823. The first kappa shape index (κ1) is 10.7. The molecule has 1 saturated heterocycles. The van der Waals surface area contributed by atoms with Gasteiger partial charge in [-0.2, -0.15) is 0 Å². The molecule has 0 aromatic carbocycles. The number of hydrogen-bond acceptors (Lipinski definition) is 4. The van der Waals surface area contributed by atoms with Crippen molar-refractivity contribution in [3.05, 3.63) is 24.2 Å². The fraction of sp³-hybridized carbons (Fsp3) is 0.636. The number of furan rings is 1. The van der Waals surface area contributed by atoms with Crippen LogP contribution in [0.5, 0.6) is 0 Å². The van der Waals surface area contributed by atoms with E-state index in [1.54, 1.807) is 6.26 Å². The lowest BCUT2D eigenvalue weighted by atomic mass is 10.2. The Labute approximate surface area is 89.6 Å². The van der Waals surface area contributed by atoms with Crippen LogP contribution in [0.15, 0.2) is 22.8 Å². The second kappa shape index (κ2) is 5.30.